The van der Waals surface area contributed by atoms with Gasteiger partial charge in [-0.15, -0.1) is 0 Å². The van der Waals surface area contributed by atoms with E-state index >= 15 is 0 Å². The second-order valence-corrected chi connectivity index (χ2v) is 4.48. The number of hydrogen-bond donors (Lipinski definition) is 3. The van der Waals surface area contributed by atoms with E-state index in [2.05, 4.69) is 17.2 Å². The lowest BCUT2D eigenvalue weighted by molar-refractivity contribution is 0.0951. The molecule has 0 heterocycles. The maximum atomic E-state index is 11.7. The zero-order chi connectivity index (χ0) is 14.1. The summed E-state index contributed by atoms with van der Waals surface area (Å²) in [6.07, 6.45) is 2.18. The maximum absolute atomic E-state index is 11.7. The molecular weight excluding hydrogens is 242 g/mol. The summed E-state index contributed by atoms with van der Waals surface area (Å²) < 4.78 is 0. The molecule has 0 aliphatic carbocycles. The summed E-state index contributed by atoms with van der Waals surface area (Å²) in [4.78, 5) is 13.8. The van der Waals surface area contributed by atoms with E-state index in [1.54, 1.807) is 6.07 Å². The largest absolute Gasteiger partial charge is 0.395 e. The number of hydrogen-bond acceptors (Lipinski definition) is 4. The number of unbranched alkanes of at least 4 members (excludes halogenated alkanes) is 1. The molecule has 4 N–H and O–H groups in total. The highest BCUT2D eigenvalue weighted by molar-refractivity contribution is 5.95. The van der Waals surface area contributed by atoms with Crippen LogP contribution in [0.1, 0.15) is 35.7 Å². The number of nitrogens with one attached hydrogen (secondary N) is 1. The van der Waals surface area contributed by atoms with Gasteiger partial charge in [0.15, 0.2) is 0 Å². The molecule has 0 fully saturated rings. The minimum absolute atomic E-state index is 0.120. The van der Waals surface area contributed by atoms with Crippen LogP contribution in [0.5, 0.6) is 0 Å². The number of carbonyl (C=O) groups excluding carboxylic acids is 1. The van der Waals surface area contributed by atoms with Crippen molar-refractivity contribution in [3.05, 3.63) is 35.4 Å². The zero-order valence-electron chi connectivity index (χ0n) is 11.4. The third kappa shape index (κ3) is 4.98. The van der Waals surface area contributed by atoms with Crippen molar-refractivity contribution in [3.63, 3.8) is 0 Å². The molecule has 0 unspecified atom stereocenters. The van der Waals surface area contributed by atoms with Crippen LogP contribution in [0.2, 0.25) is 0 Å². The van der Waals surface area contributed by atoms with E-state index in [9.17, 15) is 4.79 Å². The van der Waals surface area contributed by atoms with E-state index < -0.39 is 0 Å². The van der Waals surface area contributed by atoms with E-state index in [1.165, 1.54) is 0 Å². The van der Waals surface area contributed by atoms with Gasteiger partial charge in [0, 0.05) is 18.7 Å². The molecule has 1 amide bonds. The lowest BCUT2D eigenvalue weighted by Crippen LogP contribution is -2.33. The predicted octanol–water partition coefficient (Wildman–Crippen LogP) is 0.885. The minimum Gasteiger partial charge on any atom is -0.395 e. The maximum Gasteiger partial charge on any atom is 0.265 e. The molecule has 0 saturated carbocycles. The Bertz CT molecular complexity index is 396. The lowest BCUT2D eigenvalue weighted by atomic mass is 10.1. The molecular formula is C14H23N3O2. The first-order valence-corrected chi connectivity index (χ1v) is 6.65. The van der Waals surface area contributed by atoms with E-state index in [1.807, 2.05) is 18.2 Å². The van der Waals surface area contributed by atoms with Gasteiger partial charge in [0.05, 0.1) is 6.61 Å². The van der Waals surface area contributed by atoms with Crippen molar-refractivity contribution in [2.24, 2.45) is 5.84 Å². The van der Waals surface area contributed by atoms with Crippen LogP contribution in [0.15, 0.2) is 24.3 Å². The number of hydrazine groups is 1. The van der Waals surface area contributed by atoms with Gasteiger partial charge >= 0.3 is 0 Å². The molecule has 0 saturated heterocycles. The lowest BCUT2D eigenvalue weighted by Gasteiger charge is -2.22. The summed E-state index contributed by atoms with van der Waals surface area (Å²) in [5.41, 5.74) is 3.68. The SMILES string of the molecule is CCCCN(CCO)Cc1ccccc1C(=O)NN. The van der Waals surface area contributed by atoms with Gasteiger partial charge in [0.25, 0.3) is 5.91 Å². The number of nitrogens with zero attached hydrogens (tertiary/aromatic N) is 1. The molecule has 5 nitrogen and oxygen atoms in total. The Morgan fingerprint density at radius 1 is 1.37 bits per heavy atom. The van der Waals surface area contributed by atoms with Crippen LogP contribution in [-0.4, -0.2) is 35.6 Å². The highest BCUT2D eigenvalue weighted by Gasteiger charge is 2.12. The van der Waals surface area contributed by atoms with Gasteiger partial charge in [-0.25, -0.2) is 5.84 Å². The van der Waals surface area contributed by atoms with Crippen molar-refractivity contribution in [2.45, 2.75) is 26.3 Å². The normalized spacial score (nSPS) is 10.7. The fourth-order valence-electron chi connectivity index (χ4n) is 1.99. The highest BCUT2D eigenvalue weighted by Crippen LogP contribution is 2.12. The van der Waals surface area contributed by atoms with Crippen molar-refractivity contribution in [1.82, 2.24) is 10.3 Å². The fraction of sp³-hybridized carbons (Fsp3) is 0.500. The van der Waals surface area contributed by atoms with E-state index in [0.717, 1.165) is 24.9 Å². The van der Waals surface area contributed by atoms with Gasteiger partial charge < -0.3 is 5.11 Å². The van der Waals surface area contributed by atoms with Crippen molar-refractivity contribution in [2.75, 3.05) is 19.7 Å². The van der Waals surface area contributed by atoms with E-state index in [0.29, 0.717) is 18.7 Å². The number of rotatable bonds is 8. The van der Waals surface area contributed by atoms with Gasteiger partial charge in [-0.1, -0.05) is 31.5 Å². The summed E-state index contributed by atoms with van der Waals surface area (Å²) >= 11 is 0. The van der Waals surface area contributed by atoms with Crippen LogP contribution in [-0.2, 0) is 6.54 Å². The number of amides is 1. The van der Waals surface area contributed by atoms with Gasteiger partial charge in [-0.3, -0.25) is 15.1 Å². The zero-order valence-corrected chi connectivity index (χ0v) is 11.4. The third-order valence-electron chi connectivity index (χ3n) is 3.03. The first-order valence-electron chi connectivity index (χ1n) is 6.65. The molecule has 19 heavy (non-hydrogen) atoms. The summed E-state index contributed by atoms with van der Waals surface area (Å²) in [5, 5.41) is 9.10. The Hall–Kier alpha value is -1.43. The highest BCUT2D eigenvalue weighted by atomic mass is 16.3. The summed E-state index contributed by atoms with van der Waals surface area (Å²) in [6, 6.07) is 7.39. The molecule has 0 aromatic heterocycles. The number of nitrogens with two attached hydrogens (primary N) is 1. The summed E-state index contributed by atoms with van der Waals surface area (Å²) in [6.45, 7) is 4.42. The Morgan fingerprint density at radius 2 is 2.11 bits per heavy atom. The molecule has 5 heteroatoms. The molecule has 0 atom stereocenters. The molecule has 0 radical (unpaired) electrons. The molecule has 1 rings (SSSR count). The smallest absolute Gasteiger partial charge is 0.265 e. The van der Waals surface area contributed by atoms with Crippen molar-refractivity contribution >= 4 is 5.91 Å². The predicted molar refractivity (Wildman–Crippen MR) is 75.4 cm³/mol. The Morgan fingerprint density at radius 3 is 2.74 bits per heavy atom. The van der Waals surface area contributed by atoms with Crippen LogP contribution in [0.25, 0.3) is 0 Å². The Labute approximate surface area is 114 Å². The van der Waals surface area contributed by atoms with E-state index in [-0.39, 0.29) is 12.5 Å². The third-order valence-corrected chi connectivity index (χ3v) is 3.03. The molecule has 0 aliphatic heterocycles. The summed E-state index contributed by atoms with van der Waals surface area (Å²) in [5.74, 6) is 4.91. The first-order chi connectivity index (χ1) is 9.22. The second-order valence-electron chi connectivity index (χ2n) is 4.48. The van der Waals surface area contributed by atoms with Crippen molar-refractivity contribution in [3.8, 4) is 0 Å². The van der Waals surface area contributed by atoms with Crippen LogP contribution in [0, 0.1) is 0 Å². The number of aliphatic hydroxyl groups excluding tert-OH is 1. The summed E-state index contributed by atoms with van der Waals surface area (Å²) in [7, 11) is 0. The quantitative estimate of drug-likeness (QED) is 0.370. The van der Waals surface area contributed by atoms with Crippen LogP contribution in [0.3, 0.4) is 0 Å². The van der Waals surface area contributed by atoms with Crippen LogP contribution in [0.4, 0.5) is 0 Å². The molecule has 106 valence electrons. The van der Waals surface area contributed by atoms with Gasteiger partial charge in [0.1, 0.15) is 0 Å². The van der Waals surface area contributed by atoms with Crippen LogP contribution < -0.4 is 11.3 Å². The standard InChI is InChI=1S/C14H23N3O2/c1-2-3-8-17(9-10-18)11-12-6-4-5-7-13(12)14(19)16-15/h4-7,18H,2-3,8-11,15H2,1H3,(H,16,19). The number of benzene rings is 1. The van der Waals surface area contributed by atoms with Gasteiger partial charge in [0.2, 0.25) is 0 Å². The van der Waals surface area contributed by atoms with Crippen molar-refractivity contribution in [1.29, 1.82) is 0 Å². The molecule has 1 aromatic rings. The minimum atomic E-state index is -0.282. The van der Waals surface area contributed by atoms with Gasteiger partial charge in [-0.05, 0) is 24.6 Å². The average Bonchev–Trinajstić information content (AvgIpc) is 2.44. The van der Waals surface area contributed by atoms with Gasteiger partial charge in [-0.2, -0.15) is 0 Å². The number of aliphatic hydroxyl groups is 1. The van der Waals surface area contributed by atoms with E-state index in [4.69, 9.17) is 10.9 Å². The first kappa shape index (κ1) is 15.6. The average molecular weight is 265 g/mol. The van der Waals surface area contributed by atoms with Crippen molar-refractivity contribution < 1.29 is 9.90 Å². The number of carbonyl (C=O) groups is 1. The van der Waals surface area contributed by atoms with Crippen LogP contribution >= 0.6 is 0 Å². The molecule has 0 bridgehead atoms. The Balaban J connectivity index is 2.80. The Kier molecular flexibility index (Phi) is 7.10. The monoisotopic (exact) mass is 265 g/mol. The fourth-order valence-corrected chi connectivity index (χ4v) is 1.99. The molecule has 0 spiro atoms. The molecule has 1 aromatic carbocycles. The molecule has 0 aliphatic rings. The topological polar surface area (TPSA) is 78.6 Å². The number of nitrogen functional groups attached to an aromatic ring is 1. The second kappa shape index (κ2) is 8.63.